The van der Waals surface area contributed by atoms with Crippen LogP contribution in [0.2, 0.25) is 0 Å². The largest absolute Gasteiger partial charge is 0.435 e. The standard InChI is InChI=1S/C13H11F2NO/c14-12(15)17-11-5-3-10(4-6-11)13(9-16)7-1-2-8-13/h1-6,12H,7-8H2. The Kier molecular flexibility index (Phi) is 3.10. The molecule has 0 aromatic heterocycles. The maximum absolute atomic E-state index is 12.0. The fraction of sp³-hybridized carbons (Fsp3) is 0.308. The van der Waals surface area contributed by atoms with Gasteiger partial charge in [0.15, 0.2) is 0 Å². The average Bonchev–Trinajstić information content (AvgIpc) is 2.79. The molecule has 1 aromatic rings. The van der Waals surface area contributed by atoms with Crippen molar-refractivity contribution in [3.8, 4) is 11.8 Å². The summed E-state index contributed by atoms with van der Waals surface area (Å²) < 4.78 is 28.2. The monoisotopic (exact) mass is 235 g/mol. The van der Waals surface area contributed by atoms with Crippen LogP contribution in [0, 0.1) is 11.3 Å². The number of hydrogen-bond donors (Lipinski definition) is 0. The zero-order chi connectivity index (χ0) is 12.3. The highest BCUT2D eigenvalue weighted by Gasteiger charge is 2.32. The van der Waals surface area contributed by atoms with Crippen molar-refractivity contribution in [3.05, 3.63) is 42.0 Å². The third kappa shape index (κ3) is 2.28. The van der Waals surface area contributed by atoms with Gasteiger partial charge in [-0.15, -0.1) is 0 Å². The van der Waals surface area contributed by atoms with E-state index in [1.807, 2.05) is 12.2 Å². The summed E-state index contributed by atoms with van der Waals surface area (Å²) in [7, 11) is 0. The number of nitriles is 1. The Morgan fingerprint density at radius 1 is 1.18 bits per heavy atom. The highest BCUT2D eigenvalue weighted by molar-refractivity contribution is 5.40. The van der Waals surface area contributed by atoms with Gasteiger partial charge in [0, 0.05) is 0 Å². The Balaban J connectivity index is 2.21. The molecule has 0 amide bonds. The molecule has 0 spiro atoms. The van der Waals surface area contributed by atoms with E-state index >= 15 is 0 Å². The smallest absolute Gasteiger partial charge is 0.387 e. The normalized spacial score (nSPS) is 17.1. The third-order valence-corrected chi connectivity index (χ3v) is 2.95. The molecule has 0 atom stereocenters. The van der Waals surface area contributed by atoms with Crippen molar-refractivity contribution < 1.29 is 13.5 Å². The van der Waals surface area contributed by atoms with E-state index in [-0.39, 0.29) is 5.75 Å². The molecule has 0 saturated heterocycles. The first-order chi connectivity index (χ1) is 8.16. The molecule has 0 radical (unpaired) electrons. The number of hydrogen-bond acceptors (Lipinski definition) is 2. The molecule has 1 aliphatic rings. The SMILES string of the molecule is N#CC1(c2ccc(OC(F)F)cc2)CC=CC1. The van der Waals surface area contributed by atoms with Crippen LogP contribution in [-0.4, -0.2) is 6.61 Å². The zero-order valence-corrected chi connectivity index (χ0v) is 9.07. The lowest BCUT2D eigenvalue weighted by Gasteiger charge is -2.20. The molecule has 88 valence electrons. The van der Waals surface area contributed by atoms with Gasteiger partial charge in [0.1, 0.15) is 5.75 Å². The van der Waals surface area contributed by atoms with E-state index in [0.717, 1.165) is 5.56 Å². The predicted molar refractivity (Wildman–Crippen MR) is 58.7 cm³/mol. The van der Waals surface area contributed by atoms with Crippen LogP contribution in [0.15, 0.2) is 36.4 Å². The highest BCUT2D eigenvalue weighted by atomic mass is 19.3. The van der Waals surface area contributed by atoms with Gasteiger partial charge in [-0.05, 0) is 30.5 Å². The molecule has 0 heterocycles. The minimum absolute atomic E-state index is 0.114. The second-order valence-corrected chi connectivity index (χ2v) is 3.98. The number of benzene rings is 1. The van der Waals surface area contributed by atoms with Crippen molar-refractivity contribution in [1.29, 1.82) is 5.26 Å². The van der Waals surface area contributed by atoms with Crippen LogP contribution in [0.25, 0.3) is 0 Å². The van der Waals surface area contributed by atoms with Crippen LogP contribution in [0.4, 0.5) is 8.78 Å². The average molecular weight is 235 g/mol. The van der Waals surface area contributed by atoms with Gasteiger partial charge in [-0.1, -0.05) is 24.3 Å². The van der Waals surface area contributed by atoms with Crippen LogP contribution in [0.3, 0.4) is 0 Å². The second kappa shape index (κ2) is 4.54. The van der Waals surface area contributed by atoms with E-state index in [9.17, 15) is 14.0 Å². The summed E-state index contributed by atoms with van der Waals surface area (Å²) >= 11 is 0. The molecule has 4 heteroatoms. The summed E-state index contributed by atoms with van der Waals surface area (Å²) in [5.74, 6) is 0.114. The summed E-state index contributed by atoms with van der Waals surface area (Å²) in [5, 5.41) is 9.24. The molecule has 0 aliphatic heterocycles. The Morgan fingerprint density at radius 3 is 2.24 bits per heavy atom. The Morgan fingerprint density at radius 2 is 1.76 bits per heavy atom. The highest BCUT2D eigenvalue weighted by Crippen LogP contribution is 2.37. The van der Waals surface area contributed by atoms with Crippen LogP contribution in [0.5, 0.6) is 5.75 Å². The van der Waals surface area contributed by atoms with E-state index in [0.29, 0.717) is 12.8 Å². The minimum atomic E-state index is -2.82. The van der Waals surface area contributed by atoms with Crippen LogP contribution in [-0.2, 0) is 5.41 Å². The Hall–Kier alpha value is -1.89. The molecule has 2 rings (SSSR count). The van der Waals surface area contributed by atoms with Crippen LogP contribution in [0.1, 0.15) is 18.4 Å². The van der Waals surface area contributed by atoms with Crippen LogP contribution < -0.4 is 4.74 Å². The van der Waals surface area contributed by atoms with Gasteiger partial charge in [-0.2, -0.15) is 14.0 Å². The van der Waals surface area contributed by atoms with Crippen molar-refractivity contribution in [2.24, 2.45) is 0 Å². The maximum Gasteiger partial charge on any atom is 0.387 e. The predicted octanol–water partition coefficient (Wildman–Crippen LogP) is 3.40. The van der Waals surface area contributed by atoms with Gasteiger partial charge < -0.3 is 4.74 Å². The fourth-order valence-corrected chi connectivity index (χ4v) is 2.00. The van der Waals surface area contributed by atoms with Gasteiger partial charge in [-0.3, -0.25) is 0 Å². The fourth-order valence-electron chi connectivity index (χ4n) is 2.00. The molecule has 0 bridgehead atoms. The van der Waals surface area contributed by atoms with E-state index in [2.05, 4.69) is 10.8 Å². The Bertz CT molecular complexity index is 451. The van der Waals surface area contributed by atoms with Crippen molar-refractivity contribution in [3.63, 3.8) is 0 Å². The zero-order valence-electron chi connectivity index (χ0n) is 9.07. The van der Waals surface area contributed by atoms with Gasteiger partial charge in [0.05, 0.1) is 11.5 Å². The maximum atomic E-state index is 12.0. The summed E-state index contributed by atoms with van der Waals surface area (Å²) in [6.45, 7) is -2.82. The van der Waals surface area contributed by atoms with Crippen molar-refractivity contribution in [2.45, 2.75) is 24.9 Å². The van der Waals surface area contributed by atoms with Crippen LogP contribution >= 0.6 is 0 Å². The van der Waals surface area contributed by atoms with Gasteiger partial charge in [-0.25, -0.2) is 0 Å². The van der Waals surface area contributed by atoms with E-state index in [1.165, 1.54) is 12.1 Å². The number of rotatable bonds is 3. The lowest BCUT2D eigenvalue weighted by molar-refractivity contribution is -0.0498. The molecule has 1 aliphatic carbocycles. The summed E-state index contributed by atoms with van der Waals surface area (Å²) in [6, 6.07) is 8.59. The Labute approximate surface area is 98.1 Å². The van der Waals surface area contributed by atoms with E-state index in [4.69, 9.17) is 0 Å². The number of alkyl halides is 2. The lowest BCUT2D eigenvalue weighted by Crippen LogP contribution is -2.19. The minimum Gasteiger partial charge on any atom is -0.435 e. The first-order valence-corrected chi connectivity index (χ1v) is 5.28. The van der Waals surface area contributed by atoms with Crippen molar-refractivity contribution in [2.75, 3.05) is 0 Å². The number of nitrogens with zero attached hydrogens (tertiary/aromatic N) is 1. The first kappa shape index (κ1) is 11.6. The number of ether oxygens (including phenoxy) is 1. The molecule has 0 saturated carbocycles. The molecule has 1 aromatic carbocycles. The van der Waals surface area contributed by atoms with E-state index < -0.39 is 12.0 Å². The van der Waals surface area contributed by atoms with Gasteiger partial charge >= 0.3 is 6.61 Å². The topological polar surface area (TPSA) is 33.0 Å². The summed E-state index contributed by atoms with van der Waals surface area (Å²) in [5.41, 5.74) is 0.301. The molecule has 0 unspecified atom stereocenters. The number of allylic oxidation sites excluding steroid dienone is 2. The number of halogens is 2. The molecule has 2 nitrogen and oxygen atoms in total. The van der Waals surface area contributed by atoms with Crippen molar-refractivity contribution in [1.82, 2.24) is 0 Å². The van der Waals surface area contributed by atoms with E-state index in [1.54, 1.807) is 12.1 Å². The quantitative estimate of drug-likeness (QED) is 0.752. The molecular weight excluding hydrogens is 224 g/mol. The molecule has 0 N–H and O–H groups in total. The second-order valence-electron chi connectivity index (χ2n) is 3.98. The molecule has 0 fully saturated rings. The van der Waals surface area contributed by atoms with Gasteiger partial charge in [0.25, 0.3) is 0 Å². The third-order valence-electron chi connectivity index (χ3n) is 2.95. The summed E-state index contributed by atoms with van der Waals surface area (Å²) in [6.07, 6.45) is 5.26. The first-order valence-electron chi connectivity index (χ1n) is 5.28. The molecular formula is C13H11F2NO. The van der Waals surface area contributed by atoms with Crippen molar-refractivity contribution >= 4 is 0 Å². The lowest BCUT2D eigenvalue weighted by atomic mass is 9.80. The van der Waals surface area contributed by atoms with Gasteiger partial charge in [0.2, 0.25) is 0 Å². The summed E-state index contributed by atoms with van der Waals surface area (Å²) in [4.78, 5) is 0. The molecule has 17 heavy (non-hydrogen) atoms.